The minimum atomic E-state index is -0.505. The van der Waals surface area contributed by atoms with Crippen LogP contribution in [-0.4, -0.2) is 33.8 Å². The van der Waals surface area contributed by atoms with Crippen LogP contribution in [0.25, 0.3) is 6.08 Å². The molecule has 0 saturated carbocycles. The van der Waals surface area contributed by atoms with E-state index in [1.54, 1.807) is 6.08 Å². The summed E-state index contributed by atoms with van der Waals surface area (Å²) in [5, 5.41) is 22.4. The van der Waals surface area contributed by atoms with Crippen LogP contribution in [0, 0.1) is 11.3 Å². The molecule has 9 heteroatoms. The molecule has 3 heterocycles. The molecule has 7 nitrogen and oxygen atoms in total. The summed E-state index contributed by atoms with van der Waals surface area (Å²) in [6, 6.07) is 13.3. The summed E-state index contributed by atoms with van der Waals surface area (Å²) in [6.07, 6.45) is 6.96. The van der Waals surface area contributed by atoms with Crippen molar-refractivity contribution in [2.45, 2.75) is 25.8 Å². The monoisotopic (exact) mass is 452 g/mol. The van der Waals surface area contributed by atoms with E-state index < -0.39 is 5.91 Å². The topological polar surface area (TPSA) is 86.8 Å². The first-order valence-corrected chi connectivity index (χ1v) is 11.2. The van der Waals surface area contributed by atoms with Gasteiger partial charge in [0.1, 0.15) is 11.6 Å². The van der Waals surface area contributed by atoms with Gasteiger partial charge in [-0.3, -0.25) is 10.1 Å². The molecule has 1 fully saturated rings. The van der Waals surface area contributed by atoms with Crippen molar-refractivity contribution in [3.8, 4) is 6.07 Å². The van der Waals surface area contributed by atoms with Crippen molar-refractivity contribution in [3.63, 3.8) is 0 Å². The number of halogens is 1. The first kappa shape index (κ1) is 21.1. The highest BCUT2D eigenvalue weighted by Gasteiger charge is 2.18. The fraction of sp³-hybridized carbons (Fsp3) is 0.273. The number of nitrogens with one attached hydrogen (secondary N) is 1. The van der Waals surface area contributed by atoms with Gasteiger partial charge in [0.15, 0.2) is 0 Å². The molecule has 0 aliphatic carbocycles. The molecule has 1 aliphatic rings. The minimum Gasteiger partial charge on any atom is -0.347 e. The van der Waals surface area contributed by atoms with E-state index in [2.05, 4.69) is 20.4 Å². The number of rotatable bonds is 6. The molecule has 0 unspecified atom stereocenters. The van der Waals surface area contributed by atoms with Crippen LogP contribution in [0.2, 0.25) is 5.02 Å². The smallest absolute Gasteiger partial charge is 0.268 e. The summed E-state index contributed by atoms with van der Waals surface area (Å²) < 4.78 is 1.94. The van der Waals surface area contributed by atoms with Crippen LogP contribution in [0.1, 0.15) is 30.5 Å². The van der Waals surface area contributed by atoms with Gasteiger partial charge >= 0.3 is 0 Å². The number of hydrogen-bond acceptors (Lipinski definition) is 6. The molecule has 1 amide bonds. The van der Waals surface area contributed by atoms with Crippen molar-refractivity contribution in [3.05, 3.63) is 64.4 Å². The summed E-state index contributed by atoms with van der Waals surface area (Å²) in [7, 11) is 0. The van der Waals surface area contributed by atoms with E-state index >= 15 is 0 Å². The summed E-state index contributed by atoms with van der Waals surface area (Å²) in [4.78, 5) is 14.9. The fourth-order valence-electron chi connectivity index (χ4n) is 3.45. The second kappa shape index (κ2) is 9.77. The van der Waals surface area contributed by atoms with Crippen LogP contribution in [-0.2, 0) is 11.3 Å². The molecule has 3 aromatic rings. The van der Waals surface area contributed by atoms with Gasteiger partial charge in [-0.05, 0) is 49.1 Å². The van der Waals surface area contributed by atoms with Crippen LogP contribution >= 0.6 is 22.9 Å². The maximum Gasteiger partial charge on any atom is 0.268 e. The average molecular weight is 453 g/mol. The Hall–Kier alpha value is -3.15. The standard InChI is InChI=1S/C22H21ClN6OS/c23-19-9-3-2-7-16(19)15-29-12-6-8-18(29)13-17(14-24)20(30)25-21-26-27-22(31-21)28-10-4-1-5-11-28/h2-3,6-9,12-13H,1,4-5,10-11,15H2,(H,25,26,30)/b17-13-. The number of carbonyl (C=O) groups is 1. The highest BCUT2D eigenvalue weighted by Crippen LogP contribution is 2.27. The molecule has 0 bridgehead atoms. The highest BCUT2D eigenvalue weighted by molar-refractivity contribution is 7.19. The largest absolute Gasteiger partial charge is 0.347 e. The number of aromatic nitrogens is 3. The molecule has 158 valence electrons. The van der Waals surface area contributed by atoms with Crippen LogP contribution in [0.4, 0.5) is 10.3 Å². The molecule has 31 heavy (non-hydrogen) atoms. The van der Waals surface area contributed by atoms with E-state index in [4.69, 9.17) is 11.6 Å². The Morgan fingerprint density at radius 2 is 2.00 bits per heavy atom. The van der Waals surface area contributed by atoms with Gasteiger partial charge in [-0.15, -0.1) is 10.2 Å². The van der Waals surface area contributed by atoms with E-state index in [1.165, 1.54) is 17.8 Å². The predicted molar refractivity (Wildman–Crippen MR) is 123 cm³/mol. The Kier molecular flexibility index (Phi) is 6.65. The average Bonchev–Trinajstić information content (AvgIpc) is 3.43. The number of carbonyl (C=O) groups excluding carboxylic acids is 1. The number of amides is 1. The molecule has 2 aromatic heterocycles. The number of benzene rings is 1. The van der Waals surface area contributed by atoms with E-state index in [0.717, 1.165) is 42.3 Å². The van der Waals surface area contributed by atoms with E-state index in [-0.39, 0.29) is 5.57 Å². The number of nitriles is 1. The Morgan fingerprint density at radius 1 is 1.19 bits per heavy atom. The Balaban J connectivity index is 1.47. The van der Waals surface area contributed by atoms with Crippen molar-refractivity contribution < 1.29 is 4.79 Å². The normalized spacial score (nSPS) is 14.3. The molecule has 1 aromatic carbocycles. The van der Waals surface area contributed by atoms with Gasteiger partial charge in [0.05, 0.1) is 0 Å². The van der Waals surface area contributed by atoms with Gasteiger partial charge < -0.3 is 9.47 Å². The van der Waals surface area contributed by atoms with Gasteiger partial charge in [0.2, 0.25) is 10.3 Å². The number of piperidine rings is 1. The van der Waals surface area contributed by atoms with Gasteiger partial charge in [-0.2, -0.15) is 5.26 Å². The molecule has 0 radical (unpaired) electrons. The molecule has 1 saturated heterocycles. The third kappa shape index (κ3) is 5.13. The van der Waals surface area contributed by atoms with E-state index in [1.807, 2.05) is 53.2 Å². The van der Waals surface area contributed by atoms with Crippen LogP contribution in [0.5, 0.6) is 0 Å². The Labute approximate surface area is 189 Å². The van der Waals surface area contributed by atoms with Crippen LogP contribution in [0.15, 0.2) is 48.2 Å². The fourth-order valence-corrected chi connectivity index (χ4v) is 4.44. The highest BCUT2D eigenvalue weighted by atomic mass is 35.5. The lowest BCUT2D eigenvalue weighted by Gasteiger charge is -2.25. The summed E-state index contributed by atoms with van der Waals surface area (Å²) in [5.74, 6) is -0.505. The maximum atomic E-state index is 12.7. The second-order valence-corrected chi connectivity index (χ2v) is 8.58. The molecule has 1 N–H and O–H groups in total. The van der Waals surface area contributed by atoms with Crippen molar-refractivity contribution in [1.82, 2.24) is 14.8 Å². The van der Waals surface area contributed by atoms with Crippen molar-refractivity contribution in [2.24, 2.45) is 0 Å². The van der Waals surface area contributed by atoms with Gasteiger partial charge in [0, 0.05) is 36.5 Å². The summed E-state index contributed by atoms with van der Waals surface area (Å²) in [6.45, 7) is 2.44. The third-order valence-electron chi connectivity index (χ3n) is 5.08. The van der Waals surface area contributed by atoms with Gasteiger partial charge in [0.25, 0.3) is 5.91 Å². The quantitative estimate of drug-likeness (QED) is 0.437. The van der Waals surface area contributed by atoms with E-state index in [0.29, 0.717) is 16.7 Å². The van der Waals surface area contributed by atoms with Crippen molar-refractivity contribution >= 4 is 45.2 Å². The number of nitrogens with zero attached hydrogens (tertiary/aromatic N) is 5. The molecule has 4 rings (SSSR count). The Bertz CT molecular complexity index is 1140. The summed E-state index contributed by atoms with van der Waals surface area (Å²) in [5.41, 5.74) is 1.68. The van der Waals surface area contributed by atoms with Crippen LogP contribution in [0.3, 0.4) is 0 Å². The SMILES string of the molecule is N#C/C(=C/c1cccn1Cc1ccccc1Cl)C(=O)Nc1nnc(N2CCCCC2)s1. The minimum absolute atomic E-state index is 0.00571. The zero-order valence-electron chi connectivity index (χ0n) is 16.8. The first-order chi connectivity index (χ1) is 15.1. The third-order valence-corrected chi connectivity index (χ3v) is 6.35. The van der Waals surface area contributed by atoms with E-state index in [9.17, 15) is 10.1 Å². The lowest BCUT2D eigenvalue weighted by molar-refractivity contribution is -0.112. The Morgan fingerprint density at radius 3 is 2.77 bits per heavy atom. The molecule has 0 atom stereocenters. The summed E-state index contributed by atoms with van der Waals surface area (Å²) >= 11 is 7.59. The molecule has 1 aliphatic heterocycles. The maximum absolute atomic E-state index is 12.7. The predicted octanol–water partition coefficient (Wildman–Crippen LogP) is 4.58. The lowest BCUT2D eigenvalue weighted by atomic mass is 10.1. The van der Waals surface area contributed by atoms with Crippen LogP contribution < -0.4 is 10.2 Å². The lowest BCUT2D eigenvalue weighted by Crippen LogP contribution is -2.29. The number of hydrogen-bond donors (Lipinski definition) is 1. The zero-order valence-corrected chi connectivity index (χ0v) is 18.4. The zero-order chi connectivity index (χ0) is 21.6. The number of anilines is 2. The van der Waals surface area contributed by atoms with Gasteiger partial charge in [-0.25, -0.2) is 0 Å². The second-order valence-electron chi connectivity index (χ2n) is 7.21. The molecule has 0 spiro atoms. The van der Waals surface area contributed by atoms with Crippen molar-refractivity contribution in [1.29, 1.82) is 5.26 Å². The van der Waals surface area contributed by atoms with Crippen molar-refractivity contribution in [2.75, 3.05) is 23.3 Å². The first-order valence-electron chi connectivity index (χ1n) is 10.0. The molecular weight excluding hydrogens is 432 g/mol. The van der Waals surface area contributed by atoms with Gasteiger partial charge in [-0.1, -0.05) is 41.1 Å². The molecular formula is C22H21ClN6OS.